The lowest BCUT2D eigenvalue weighted by atomic mass is 9.86. The zero-order chi connectivity index (χ0) is 22.1. The van der Waals surface area contributed by atoms with Gasteiger partial charge in [-0.3, -0.25) is 4.79 Å². The number of carbonyl (C=O) groups is 1. The van der Waals surface area contributed by atoms with Crippen molar-refractivity contribution in [2.75, 3.05) is 0 Å². The van der Waals surface area contributed by atoms with Crippen LogP contribution in [0.5, 0.6) is 0 Å². The van der Waals surface area contributed by atoms with Gasteiger partial charge in [-0.05, 0) is 25.2 Å². The highest BCUT2D eigenvalue weighted by Gasteiger charge is 2.52. The number of aliphatic hydroxyl groups excluding tert-OH is 2. The van der Waals surface area contributed by atoms with Gasteiger partial charge >= 0.3 is 12.1 Å². The Kier molecular flexibility index (Phi) is 10.6. The standard InChI is InChI=1S/C21H35F3O5/c1-2-3-12-20(29,21(22,23)24)13-8-10-16-15(17(25)14-18(16)26)9-6-4-5-7-11-19(27)28/h8,10,15-18,25-26,29H,2-7,9,11-14H2,1H3,(H,27,28)/t15-,16-,17+,18-,20?/m1/s1. The van der Waals surface area contributed by atoms with Crippen LogP contribution >= 0.6 is 0 Å². The summed E-state index contributed by atoms with van der Waals surface area (Å²) in [6.45, 7) is 1.76. The van der Waals surface area contributed by atoms with Crippen LogP contribution in [0, 0.1) is 11.8 Å². The predicted molar refractivity (Wildman–Crippen MR) is 103 cm³/mol. The van der Waals surface area contributed by atoms with Crippen molar-refractivity contribution in [2.24, 2.45) is 11.8 Å². The number of carboxylic acid groups (broad SMARTS) is 1. The third kappa shape index (κ3) is 8.26. The van der Waals surface area contributed by atoms with Crippen molar-refractivity contribution in [1.29, 1.82) is 0 Å². The van der Waals surface area contributed by atoms with E-state index in [2.05, 4.69) is 0 Å². The van der Waals surface area contributed by atoms with Gasteiger partial charge in [0.05, 0.1) is 12.2 Å². The van der Waals surface area contributed by atoms with Gasteiger partial charge < -0.3 is 20.4 Å². The summed E-state index contributed by atoms with van der Waals surface area (Å²) < 4.78 is 39.8. The van der Waals surface area contributed by atoms with Gasteiger partial charge in [0.2, 0.25) is 0 Å². The van der Waals surface area contributed by atoms with E-state index in [0.29, 0.717) is 19.3 Å². The molecule has 0 radical (unpaired) electrons. The molecule has 0 spiro atoms. The van der Waals surface area contributed by atoms with E-state index in [9.17, 15) is 33.3 Å². The number of aliphatic hydroxyl groups is 3. The molecule has 5 nitrogen and oxygen atoms in total. The van der Waals surface area contributed by atoms with E-state index >= 15 is 0 Å². The number of alkyl halides is 3. The fraction of sp³-hybridized carbons (Fsp3) is 0.857. The third-order valence-corrected chi connectivity index (χ3v) is 5.88. The molecule has 0 aromatic carbocycles. The number of hydrogen-bond donors (Lipinski definition) is 4. The Balaban J connectivity index is 2.62. The van der Waals surface area contributed by atoms with Crippen LogP contribution in [0.1, 0.15) is 77.6 Å². The zero-order valence-electron chi connectivity index (χ0n) is 17.1. The normalized spacial score (nSPS) is 27.4. The van der Waals surface area contributed by atoms with E-state index in [-0.39, 0.29) is 31.6 Å². The van der Waals surface area contributed by atoms with E-state index in [1.807, 2.05) is 0 Å². The highest BCUT2D eigenvalue weighted by atomic mass is 19.4. The number of aliphatic carboxylic acids is 1. The van der Waals surface area contributed by atoms with Crippen molar-refractivity contribution in [1.82, 2.24) is 0 Å². The molecule has 1 saturated carbocycles. The SMILES string of the molecule is CCCCC(O)(CC=C[C@@H]1[C@@H](CCCCCCC(=O)O)[C@@H](O)C[C@H]1O)C(F)(F)F. The van der Waals surface area contributed by atoms with E-state index in [0.717, 1.165) is 19.3 Å². The molecule has 0 aromatic rings. The summed E-state index contributed by atoms with van der Waals surface area (Å²) in [5.41, 5.74) is -2.78. The Bertz CT molecular complexity index is 523. The molecule has 1 unspecified atom stereocenters. The average Bonchev–Trinajstić information content (AvgIpc) is 2.88. The monoisotopic (exact) mass is 424 g/mol. The summed E-state index contributed by atoms with van der Waals surface area (Å²) in [5, 5.41) is 39.1. The lowest BCUT2D eigenvalue weighted by Gasteiger charge is -2.30. The van der Waals surface area contributed by atoms with E-state index < -0.39 is 42.3 Å². The maximum Gasteiger partial charge on any atom is 0.417 e. The van der Waals surface area contributed by atoms with Crippen LogP contribution in [0.15, 0.2) is 12.2 Å². The van der Waals surface area contributed by atoms with Crippen molar-refractivity contribution < 1.29 is 38.4 Å². The molecule has 0 heterocycles. The summed E-state index contributed by atoms with van der Waals surface area (Å²) in [7, 11) is 0. The minimum Gasteiger partial charge on any atom is -0.481 e. The fourth-order valence-electron chi connectivity index (χ4n) is 4.04. The van der Waals surface area contributed by atoms with Crippen LogP contribution in [0.3, 0.4) is 0 Å². The molecule has 170 valence electrons. The minimum absolute atomic E-state index is 0.121. The van der Waals surface area contributed by atoms with Gasteiger partial charge in [-0.1, -0.05) is 51.2 Å². The molecule has 1 aliphatic rings. The second kappa shape index (κ2) is 11.9. The molecule has 0 aliphatic heterocycles. The van der Waals surface area contributed by atoms with Crippen LogP contribution in [0.2, 0.25) is 0 Å². The molecule has 0 aromatic heterocycles. The Hall–Kier alpha value is -1.12. The van der Waals surface area contributed by atoms with Gasteiger partial charge in [0, 0.05) is 25.2 Å². The summed E-state index contributed by atoms with van der Waals surface area (Å²) in [6.07, 6.45) is 0.199. The minimum atomic E-state index is -4.73. The van der Waals surface area contributed by atoms with Crippen molar-refractivity contribution >= 4 is 5.97 Å². The first-order chi connectivity index (χ1) is 13.5. The van der Waals surface area contributed by atoms with Gasteiger partial charge in [0.15, 0.2) is 5.60 Å². The second-order valence-corrected chi connectivity index (χ2v) is 8.22. The topological polar surface area (TPSA) is 98.0 Å². The molecule has 1 rings (SSSR count). The highest BCUT2D eigenvalue weighted by Crippen LogP contribution is 2.40. The number of hydrogen-bond acceptors (Lipinski definition) is 4. The first-order valence-corrected chi connectivity index (χ1v) is 10.6. The molecular weight excluding hydrogens is 389 g/mol. The van der Waals surface area contributed by atoms with E-state index in [1.54, 1.807) is 6.92 Å². The van der Waals surface area contributed by atoms with Gasteiger partial charge in [0.1, 0.15) is 0 Å². The van der Waals surface area contributed by atoms with Crippen molar-refractivity contribution in [3.63, 3.8) is 0 Å². The maximum absolute atomic E-state index is 13.3. The van der Waals surface area contributed by atoms with Gasteiger partial charge in [0.25, 0.3) is 0 Å². The quantitative estimate of drug-likeness (QED) is 0.262. The molecule has 0 amide bonds. The number of unbranched alkanes of at least 4 members (excludes halogenated alkanes) is 4. The van der Waals surface area contributed by atoms with Crippen molar-refractivity contribution in [3.8, 4) is 0 Å². The molecule has 0 saturated heterocycles. The van der Waals surface area contributed by atoms with Gasteiger partial charge in [-0.2, -0.15) is 13.2 Å². The Morgan fingerprint density at radius 1 is 1.07 bits per heavy atom. The summed E-state index contributed by atoms with van der Waals surface area (Å²) in [6, 6.07) is 0. The van der Waals surface area contributed by atoms with E-state index in [1.165, 1.54) is 12.2 Å². The Labute approximate surface area is 170 Å². The molecule has 8 heteroatoms. The fourth-order valence-corrected chi connectivity index (χ4v) is 4.04. The van der Waals surface area contributed by atoms with E-state index in [4.69, 9.17) is 5.11 Å². The van der Waals surface area contributed by atoms with Gasteiger partial charge in [-0.25, -0.2) is 0 Å². The molecule has 1 aliphatic carbocycles. The van der Waals surface area contributed by atoms with Crippen LogP contribution < -0.4 is 0 Å². The predicted octanol–water partition coefficient (Wildman–Crippen LogP) is 4.20. The van der Waals surface area contributed by atoms with Crippen LogP contribution in [-0.2, 0) is 4.79 Å². The lowest BCUT2D eigenvalue weighted by molar-refractivity contribution is -0.261. The molecule has 4 N–H and O–H groups in total. The summed E-state index contributed by atoms with van der Waals surface area (Å²) in [4.78, 5) is 10.5. The number of halogens is 3. The van der Waals surface area contributed by atoms with Crippen LogP contribution in [0.25, 0.3) is 0 Å². The first-order valence-electron chi connectivity index (χ1n) is 10.6. The van der Waals surface area contributed by atoms with Crippen molar-refractivity contribution in [2.45, 2.75) is 102 Å². The van der Waals surface area contributed by atoms with Crippen LogP contribution in [0.4, 0.5) is 13.2 Å². The first kappa shape index (κ1) is 25.9. The Morgan fingerprint density at radius 2 is 1.72 bits per heavy atom. The Morgan fingerprint density at radius 3 is 2.31 bits per heavy atom. The highest BCUT2D eigenvalue weighted by molar-refractivity contribution is 5.66. The molecule has 1 fully saturated rings. The molecule has 29 heavy (non-hydrogen) atoms. The molecular formula is C21H35F3O5. The number of rotatable bonds is 13. The third-order valence-electron chi connectivity index (χ3n) is 5.88. The smallest absolute Gasteiger partial charge is 0.417 e. The lowest BCUT2D eigenvalue weighted by Crippen LogP contribution is -2.44. The van der Waals surface area contributed by atoms with Crippen LogP contribution in [-0.4, -0.2) is 50.4 Å². The zero-order valence-corrected chi connectivity index (χ0v) is 17.1. The number of carboxylic acids is 1. The molecule has 5 atom stereocenters. The molecule has 0 bridgehead atoms. The largest absolute Gasteiger partial charge is 0.481 e. The maximum atomic E-state index is 13.3. The second-order valence-electron chi connectivity index (χ2n) is 8.22. The summed E-state index contributed by atoms with van der Waals surface area (Å²) >= 11 is 0. The summed E-state index contributed by atoms with van der Waals surface area (Å²) in [5.74, 6) is -1.54. The van der Waals surface area contributed by atoms with Crippen molar-refractivity contribution in [3.05, 3.63) is 12.2 Å². The average molecular weight is 424 g/mol. The van der Waals surface area contributed by atoms with Gasteiger partial charge in [-0.15, -0.1) is 0 Å².